The number of nitrogens with zero attached hydrogens (tertiary/aromatic N) is 1. The average Bonchev–Trinajstić information content (AvgIpc) is 2.89. The minimum atomic E-state index is -0.634. The van der Waals surface area contributed by atoms with Crippen molar-refractivity contribution < 1.29 is 23.1 Å². The molecule has 0 fully saturated rings. The van der Waals surface area contributed by atoms with E-state index < -0.39 is 11.7 Å². The zero-order chi connectivity index (χ0) is 17.3. The topological polar surface area (TPSA) is 101 Å². The number of hydrogen-bond acceptors (Lipinski definition) is 7. The van der Waals surface area contributed by atoms with Crippen molar-refractivity contribution in [3.8, 4) is 5.75 Å². The van der Waals surface area contributed by atoms with Crippen molar-refractivity contribution in [1.29, 1.82) is 0 Å². The van der Waals surface area contributed by atoms with E-state index in [9.17, 15) is 14.4 Å². The monoisotopic (exact) mass is 331 g/mol. The molecule has 0 atom stereocenters. The van der Waals surface area contributed by atoms with Crippen molar-refractivity contribution in [2.24, 2.45) is 0 Å². The molecule has 0 amide bonds. The molecule has 8 heteroatoms. The van der Waals surface area contributed by atoms with E-state index in [0.29, 0.717) is 11.1 Å². The molecule has 2 heterocycles. The van der Waals surface area contributed by atoms with Crippen LogP contribution < -0.4 is 15.9 Å². The fourth-order valence-electron chi connectivity index (χ4n) is 2.28. The Labute approximate surface area is 134 Å². The lowest BCUT2D eigenvalue weighted by Gasteiger charge is -2.04. The molecule has 0 saturated heterocycles. The van der Waals surface area contributed by atoms with Gasteiger partial charge in [-0.3, -0.25) is 9.36 Å². The van der Waals surface area contributed by atoms with Crippen LogP contribution >= 0.6 is 0 Å². The van der Waals surface area contributed by atoms with Gasteiger partial charge in [-0.25, -0.2) is 9.59 Å². The van der Waals surface area contributed by atoms with E-state index in [0.717, 1.165) is 0 Å². The maximum Gasteiger partial charge on any atom is 0.420 e. The van der Waals surface area contributed by atoms with Gasteiger partial charge in [-0.2, -0.15) is 0 Å². The first-order valence-corrected chi connectivity index (χ1v) is 6.91. The van der Waals surface area contributed by atoms with Gasteiger partial charge in [0, 0.05) is 6.07 Å². The van der Waals surface area contributed by atoms with Gasteiger partial charge in [0.2, 0.25) is 11.2 Å². The molecule has 8 nitrogen and oxygen atoms in total. The maximum atomic E-state index is 12.0. The molecule has 0 N–H and O–H groups in total. The molecule has 3 rings (SSSR count). The predicted molar refractivity (Wildman–Crippen MR) is 82.4 cm³/mol. The molecular weight excluding hydrogens is 318 g/mol. The van der Waals surface area contributed by atoms with E-state index >= 15 is 0 Å². The Kier molecular flexibility index (Phi) is 3.95. The van der Waals surface area contributed by atoms with Crippen LogP contribution in [0.2, 0.25) is 0 Å². The number of hydrogen-bond donors (Lipinski definition) is 0. The van der Waals surface area contributed by atoms with Crippen LogP contribution in [0.15, 0.2) is 49.0 Å². The van der Waals surface area contributed by atoms with Crippen LogP contribution in [-0.2, 0) is 11.3 Å². The Morgan fingerprint density at radius 1 is 1.21 bits per heavy atom. The van der Waals surface area contributed by atoms with Gasteiger partial charge in [0.1, 0.15) is 12.0 Å². The number of benzene rings is 1. The molecule has 0 aliphatic rings. The van der Waals surface area contributed by atoms with Crippen LogP contribution in [0.3, 0.4) is 0 Å². The summed E-state index contributed by atoms with van der Waals surface area (Å²) in [6.07, 6.45) is 1.17. The van der Waals surface area contributed by atoms with Crippen molar-refractivity contribution in [3.63, 3.8) is 0 Å². The molecule has 0 aliphatic carbocycles. The van der Waals surface area contributed by atoms with E-state index in [-0.39, 0.29) is 29.0 Å². The highest BCUT2D eigenvalue weighted by atomic mass is 16.5. The van der Waals surface area contributed by atoms with Gasteiger partial charge in [0.05, 0.1) is 31.8 Å². The van der Waals surface area contributed by atoms with Crippen molar-refractivity contribution in [2.45, 2.75) is 6.54 Å². The third-order valence-corrected chi connectivity index (χ3v) is 3.47. The number of rotatable bonds is 4. The highest BCUT2D eigenvalue weighted by molar-refractivity contribution is 5.93. The van der Waals surface area contributed by atoms with Crippen molar-refractivity contribution in [2.75, 3.05) is 14.2 Å². The molecule has 0 unspecified atom stereocenters. The van der Waals surface area contributed by atoms with Crippen LogP contribution in [-0.4, -0.2) is 24.8 Å². The number of carbonyl (C=O) groups is 1. The summed E-state index contributed by atoms with van der Waals surface area (Å²) in [7, 11) is 2.62. The maximum absolute atomic E-state index is 12.0. The summed E-state index contributed by atoms with van der Waals surface area (Å²) >= 11 is 0. The molecule has 24 heavy (non-hydrogen) atoms. The molecule has 0 saturated carbocycles. The van der Waals surface area contributed by atoms with E-state index in [4.69, 9.17) is 13.6 Å². The summed E-state index contributed by atoms with van der Waals surface area (Å²) in [4.78, 5) is 35.4. The van der Waals surface area contributed by atoms with Crippen molar-refractivity contribution in [3.05, 3.63) is 62.6 Å². The summed E-state index contributed by atoms with van der Waals surface area (Å²) in [5.41, 5.74) is 0.607. The van der Waals surface area contributed by atoms with Gasteiger partial charge >= 0.3 is 11.7 Å². The third-order valence-electron chi connectivity index (χ3n) is 3.47. The quantitative estimate of drug-likeness (QED) is 0.666. The van der Waals surface area contributed by atoms with Gasteiger partial charge in [-0.1, -0.05) is 0 Å². The Balaban J connectivity index is 2.07. The Hall–Kier alpha value is -3.29. The first-order chi connectivity index (χ1) is 11.5. The number of esters is 1. The summed E-state index contributed by atoms with van der Waals surface area (Å²) in [6.45, 7) is -0.0321. The van der Waals surface area contributed by atoms with Crippen LogP contribution in [0.5, 0.6) is 5.75 Å². The Bertz CT molecular complexity index is 1020. The number of carbonyl (C=O) groups excluding carboxylic acids is 1. The fourth-order valence-corrected chi connectivity index (χ4v) is 2.28. The normalized spacial score (nSPS) is 10.8. The smallest absolute Gasteiger partial charge is 0.420 e. The van der Waals surface area contributed by atoms with Crippen LogP contribution in [0.4, 0.5) is 0 Å². The molecule has 1 aromatic carbocycles. The Morgan fingerprint density at radius 3 is 2.67 bits per heavy atom. The minimum Gasteiger partial charge on any atom is -0.490 e. The molecule has 124 valence electrons. The van der Waals surface area contributed by atoms with Gasteiger partial charge in [-0.05, 0) is 18.2 Å². The summed E-state index contributed by atoms with van der Waals surface area (Å²) in [5, 5.41) is 0. The lowest BCUT2D eigenvalue weighted by molar-refractivity contribution is 0.0601. The second kappa shape index (κ2) is 6.07. The van der Waals surface area contributed by atoms with Gasteiger partial charge in [0.25, 0.3) is 0 Å². The zero-order valence-corrected chi connectivity index (χ0v) is 12.9. The number of ether oxygens (including phenoxy) is 2. The van der Waals surface area contributed by atoms with Crippen LogP contribution in [0, 0.1) is 0 Å². The second-order valence-corrected chi connectivity index (χ2v) is 4.91. The SMILES string of the molecule is COC(=O)c1ccc2oc(=O)n(Cc3cc(=O)c(OC)co3)c2c1. The molecule has 3 aromatic rings. The lowest BCUT2D eigenvalue weighted by atomic mass is 10.2. The summed E-state index contributed by atoms with van der Waals surface area (Å²) in [5.74, 6) is -0.858. The number of fused-ring (bicyclic) bond motifs is 1. The number of oxazole rings is 1. The average molecular weight is 331 g/mol. The van der Waals surface area contributed by atoms with E-state index in [2.05, 4.69) is 4.74 Å². The first kappa shape index (κ1) is 15.6. The fraction of sp³-hybridized carbons (Fsp3) is 0.188. The molecular formula is C16H13NO7. The van der Waals surface area contributed by atoms with E-state index in [1.807, 2.05) is 0 Å². The van der Waals surface area contributed by atoms with Gasteiger partial charge < -0.3 is 18.3 Å². The standard InChI is InChI=1S/C16H13NO7/c1-21-14-8-23-10(6-12(14)18)7-17-11-5-9(15(19)22-2)3-4-13(11)24-16(17)20/h3-6,8H,7H2,1-2H3. The highest BCUT2D eigenvalue weighted by Crippen LogP contribution is 2.17. The van der Waals surface area contributed by atoms with E-state index in [1.54, 1.807) is 0 Å². The lowest BCUT2D eigenvalue weighted by Crippen LogP contribution is -2.16. The van der Waals surface area contributed by atoms with Crippen LogP contribution in [0.1, 0.15) is 16.1 Å². The van der Waals surface area contributed by atoms with Crippen molar-refractivity contribution in [1.82, 2.24) is 4.57 Å². The van der Waals surface area contributed by atoms with Crippen LogP contribution in [0.25, 0.3) is 11.1 Å². The molecule has 0 radical (unpaired) electrons. The molecule has 0 bridgehead atoms. The Morgan fingerprint density at radius 2 is 2.00 bits per heavy atom. The summed E-state index contributed by atoms with van der Waals surface area (Å²) < 4.78 is 21.2. The highest BCUT2D eigenvalue weighted by Gasteiger charge is 2.15. The van der Waals surface area contributed by atoms with Crippen molar-refractivity contribution >= 4 is 17.1 Å². The molecule has 0 aliphatic heterocycles. The number of methoxy groups -OCH3 is 2. The van der Waals surface area contributed by atoms with Gasteiger partial charge in [0.15, 0.2) is 5.58 Å². The molecule has 2 aromatic heterocycles. The first-order valence-electron chi connectivity index (χ1n) is 6.91. The van der Waals surface area contributed by atoms with Gasteiger partial charge in [-0.15, -0.1) is 0 Å². The largest absolute Gasteiger partial charge is 0.490 e. The summed E-state index contributed by atoms with van der Waals surface area (Å²) in [6, 6.07) is 5.71. The number of aromatic nitrogens is 1. The minimum absolute atomic E-state index is 0.0321. The van der Waals surface area contributed by atoms with E-state index in [1.165, 1.54) is 49.3 Å². The second-order valence-electron chi connectivity index (χ2n) is 4.91. The molecule has 0 spiro atoms. The zero-order valence-electron chi connectivity index (χ0n) is 12.9. The third kappa shape index (κ3) is 2.69. The predicted octanol–water partition coefficient (Wildman–Crippen LogP) is 1.39.